The van der Waals surface area contributed by atoms with E-state index in [-0.39, 0.29) is 11.4 Å². The molecule has 9 heteroatoms. The van der Waals surface area contributed by atoms with Crippen LogP contribution in [0.2, 0.25) is 0 Å². The van der Waals surface area contributed by atoms with Crippen LogP contribution in [0.15, 0.2) is 17.3 Å². The highest BCUT2D eigenvalue weighted by atomic mass is 32.2. The van der Waals surface area contributed by atoms with Gasteiger partial charge in [0.1, 0.15) is 22.2 Å². The molecule has 2 aliphatic heterocycles. The van der Waals surface area contributed by atoms with Crippen molar-refractivity contribution in [2.45, 2.75) is 43.9 Å². The van der Waals surface area contributed by atoms with Gasteiger partial charge in [-0.3, -0.25) is 0 Å². The number of thioether (sulfide) groups is 1. The number of fused-ring (bicyclic) bond motifs is 2. The zero-order chi connectivity index (χ0) is 20.2. The summed E-state index contributed by atoms with van der Waals surface area (Å²) in [7, 11) is 3.19. The van der Waals surface area contributed by atoms with Crippen molar-refractivity contribution in [2.75, 3.05) is 12.8 Å². The van der Waals surface area contributed by atoms with Crippen molar-refractivity contribution in [1.29, 1.82) is 0 Å². The molecule has 0 amide bonds. The van der Waals surface area contributed by atoms with Gasteiger partial charge in [-0.25, -0.2) is 9.97 Å². The molecular weight excluding hydrogens is 387 g/mol. The Labute approximate surface area is 165 Å². The number of aryl methyl sites for hydroxylation is 1. The second kappa shape index (κ2) is 6.72. The Morgan fingerprint density at radius 2 is 1.96 bits per heavy atom. The van der Waals surface area contributed by atoms with Crippen LogP contribution in [0.4, 0.5) is 13.2 Å². The quantitative estimate of drug-likeness (QED) is 0.697. The van der Waals surface area contributed by atoms with Gasteiger partial charge in [0.2, 0.25) is 0 Å². The summed E-state index contributed by atoms with van der Waals surface area (Å²) in [5.74, 6) is 2.49. The molecule has 5 nitrogen and oxygen atoms in total. The lowest BCUT2D eigenvalue weighted by atomic mass is 10.1. The summed E-state index contributed by atoms with van der Waals surface area (Å²) in [4.78, 5) is 10.5. The minimum atomic E-state index is -4.47. The van der Waals surface area contributed by atoms with Gasteiger partial charge in [-0.15, -0.1) is 11.8 Å². The van der Waals surface area contributed by atoms with Gasteiger partial charge in [0.05, 0.1) is 17.1 Å². The van der Waals surface area contributed by atoms with Crippen molar-refractivity contribution in [3.63, 3.8) is 0 Å². The number of hydrogen-bond donors (Lipinski definition) is 0. The molecule has 4 rings (SSSR count). The van der Waals surface area contributed by atoms with Gasteiger partial charge in [0, 0.05) is 27.1 Å². The highest BCUT2D eigenvalue weighted by molar-refractivity contribution is 7.99. The summed E-state index contributed by atoms with van der Waals surface area (Å²) < 4.78 is 44.3. The van der Waals surface area contributed by atoms with Crippen molar-refractivity contribution in [3.05, 3.63) is 29.5 Å². The summed E-state index contributed by atoms with van der Waals surface area (Å²) in [5, 5.41) is 1.04. The molecular formula is C19H22F3N5S. The summed E-state index contributed by atoms with van der Waals surface area (Å²) >= 11 is 1.70. The number of alkyl halides is 3. The van der Waals surface area contributed by atoms with Crippen LogP contribution in [0.5, 0.6) is 0 Å². The smallest absolute Gasteiger partial charge is 0.339 e. The molecule has 0 spiro atoms. The summed E-state index contributed by atoms with van der Waals surface area (Å²) in [6, 6.07) is 0. The molecule has 28 heavy (non-hydrogen) atoms. The van der Waals surface area contributed by atoms with Gasteiger partial charge in [-0.1, -0.05) is 13.5 Å². The first kappa shape index (κ1) is 19.2. The Bertz CT molecular complexity index is 983. The molecule has 0 N–H and O–H groups in total. The minimum Gasteiger partial charge on any atom is -0.339 e. The zero-order valence-electron chi connectivity index (χ0n) is 16.1. The largest absolute Gasteiger partial charge is 0.431 e. The van der Waals surface area contributed by atoms with Crippen molar-refractivity contribution in [2.24, 2.45) is 7.05 Å². The van der Waals surface area contributed by atoms with Crippen LogP contribution in [0.3, 0.4) is 0 Å². The van der Waals surface area contributed by atoms with E-state index >= 15 is 0 Å². The molecule has 150 valence electrons. The van der Waals surface area contributed by atoms with Gasteiger partial charge in [0.25, 0.3) is 0 Å². The van der Waals surface area contributed by atoms with E-state index in [1.165, 1.54) is 7.05 Å². The lowest BCUT2D eigenvalue weighted by Gasteiger charge is -2.29. The van der Waals surface area contributed by atoms with E-state index in [1.54, 1.807) is 11.8 Å². The van der Waals surface area contributed by atoms with E-state index in [4.69, 9.17) is 4.98 Å². The Balaban J connectivity index is 1.89. The van der Waals surface area contributed by atoms with Gasteiger partial charge in [0.15, 0.2) is 5.82 Å². The second-order valence-electron chi connectivity index (χ2n) is 6.98. The third kappa shape index (κ3) is 2.87. The van der Waals surface area contributed by atoms with Gasteiger partial charge < -0.3 is 14.0 Å². The molecule has 0 fully saturated rings. The zero-order valence-corrected chi connectivity index (χ0v) is 16.9. The highest BCUT2D eigenvalue weighted by Crippen LogP contribution is 2.41. The highest BCUT2D eigenvalue weighted by Gasteiger charge is 2.41. The van der Waals surface area contributed by atoms with Crippen molar-refractivity contribution < 1.29 is 13.2 Å². The first-order valence-corrected chi connectivity index (χ1v) is 10.2. The van der Waals surface area contributed by atoms with Crippen molar-refractivity contribution in [1.82, 2.24) is 24.0 Å². The molecule has 0 aliphatic carbocycles. The van der Waals surface area contributed by atoms with E-state index in [0.717, 1.165) is 59.1 Å². The van der Waals surface area contributed by atoms with E-state index in [1.807, 2.05) is 11.6 Å². The SMILES string of the molecule is C=C1c2c(nc(-c3nc4n(c3SCC)CCCC4)n2C)C=C(C(F)(F)F)N1C. The Morgan fingerprint density at radius 1 is 1.21 bits per heavy atom. The topological polar surface area (TPSA) is 38.9 Å². The standard InChI is InChI=1S/C19H22F3N5S/c1-5-28-18-15(24-14-8-6-7-9-27(14)18)17-23-12-10-13(19(20,21)22)25(3)11(2)16(12)26(17)4/h10H,2,5-9H2,1,3-4H3. The maximum Gasteiger partial charge on any atom is 0.431 e. The third-order valence-electron chi connectivity index (χ3n) is 5.25. The first-order chi connectivity index (χ1) is 13.2. The average molecular weight is 409 g/mol. The van der Waals surface area contributed by atoms with Crippen LogP contribution in [0.25, 0.3) is 23.3 Å². The molecule has 2 aliphatic rings. The monoisotopic (exact) mass is 409 g/mol. The first-order valence-electron chi connectivity index (χ1n) is 9.25. The summed E-state index contributed by atoms with van der Waals surface area (Å²) in [6.45, 7) is 6.88. The van der Waals surface area contributed by atoms with Crippen molar-refractivity contribution in [3.8, 4) is 11.5 Å². The lowest BCUT2D eigenvalue weighted by molar-refractivity contribution is -0.104. The maximum absolute atomic E-state index is 13.4. The average Bonchev–Trinajstić information content (AvgIpc) is 3.16. The number of allylic oxidation sites excluding steroid dienone is 1. The Hall–Kier alpha value is -2.16. The number of nitrogens with zero attached hydrogens (tertiary/aromatic N) is 5. The fourth-order valence-electron chi connectivity index (χ4n) is 3.86. The third-order valence-corrected chi connectivity index (χ3v) is 6.23. The normalized spacial score (nSPS) is 16.9. The second-order valence-corrected chi connectivity index (χ2v) is 8.24. The maximum atomic E-state index is 13.4. The van der Waals surface area contributed by atoms with Gasteiger partial charge >= 0.3 is 6.18 Å². The number of aromatic nitrogens is 4. The molecule has 0 saturated carbocycles. The summed E-state index contributed by atoms with van der Waals surface area (Å²) in [6.07, 6.45) is -0.256. The Morgan fingerprint density at radius 3 is 2.64 bits per heavy atom. The molecule has 2 aromatic rings. The minimum absolute atomic E-state index is 0.278. The molecule has 4 heterocycles. The van der Waals surface area contributed by atoms with Crippen LogP contribution in [-0.4, -0.2) is 43.0 Å². The van der Waals surface area contributed by atoms with E-state index in [9.17, 15) is 13.2 Å². The number of hydrogen-bond acceptors (Lipinski definition) is 4. The van der Waals surface area contributed by atoms with E-state index in [2.05, 4.69) is 23.1 Å². The molecule has 0 aromatic carbocycles. The van der Waals surface area contributed by atoms with E-state index < -0.39 is 11.9 Å². The number of rotatable bonds is 3. The lowest BCUT2D eigenvalue weighted by Crippen LogP contribution is -2.30. The molecule has 0 unspecified atom stereocenters. The molecule has 0 radical (unpaired) electrons. The molecule has 2 aromatic heterocycles. The fourth-order valence-corrected chi connectivity index (χ4v) is 4.76. The predicted molar refractivity (Wildman–Crippen MR) is 105 cm³/mol. The molecule has 0 saturated heterocycles. The van der Waals surface area contributed by atoms with Crippen molar-refractivity contribution >= 4 is 23.5 Å². The summed E-state index contributed by atoms with van der Waals surface area (Å²) in [5.41, 5.74) is 1.13. The van der Waals surface area contributed by atoms with Crippen LogP contribution < -0.4 is 0 Å². The number of imidazole rings is 2. The molecule has 0 atom stereocenters. The van der Waals surface area contributed by atoms with Gasteiger partial charge in [-0.05, 0) is 24.7 Å². The van der Waals surface area contributed by atoms with Crippen LogP contribution >= 0.6 is 11.8 Å². The predicted octanol–water partition coefficient (Wildman–Crippen LogP) is 4.55. The Kier molecular flexibility index (Phi) is 4.60. The van der Waals surface area contributed by atoms with Crippen LogP contribution in [0, 0.1) is 0 Å². The molecule has 0 bridgehead atoms. The van der Waals surface area contributed by atoms with Crippen LogP contribution in [0.1, 0.15) is 37.0 Å². The fraction of sp³-hybridized carbons (Fsp3) is 0.474. The number of halogens is 3. The van der Waals surface area contributed by atoms with Gasteiger partial charge in [-0.2, -0.15) is 13.2 Å². The van der Waals surface area contributed by atoms with Crippen LogP contribution in [-0.2, 0) is 20.0 Å². The van der Waals surface area contributed by atoms with E-state index in [0.29, 0.717) is 11.5 Å².